The second kappa shape index (κ2) is 9.41. The Hall–Kier alpha value is -4.03. The summed E-state index contributed by atoms with van der Waals surface area (Å²) in [7, 11) is -4.14. The summed E-state index contributed by atoms with van der Waals surface area (Å²) in [6.45, 7) is 0. The zero-order valence-electron chi connectivity index (χ0n) is 16.0. The van der Waals surface area contributed by atoms with Crippen molar-refractivity contribution in [2.45, 2.75) is 4.90 Å². The van der Waals surface area contributed by atoms with Gasteiger partial charge in [-0.15, -0.1) is 0 Å². The molecule has 3 rings (SSSR count). The SMILES string of the molecule is O=[N+]([O-])c1ccccc1C=NNc1ccc(S(=O)(=O)Nc2cccc(Cl)c2)cc1[N+](=O)[O-]. The molecular formula is C19H14ClN5O6S. The molecule has 0 fully saturated rings. The number of anilines is 2. The zero-order valence-corrected chi connectivity index (χ0v) is 17.6. The predicted octanol–water partition coefficient (Wildman–Crippen LogP) is 4.40. The highest BCUT2D eigenvalue weighted by Crippen LogP contribution is 2.29. The Morgan fingerprint density at radius 1 is 0.906 bits per heavy atom. The van der Waals surface area contributed by atoms with E-state index in [1.807, 2.05) is 0 Å². The summed E-state index contributed by atoms with van der Waals surface area (Å²) >= 11 is 5.84. The van der Waals surface area contributed by atoms with Crippen LogP contribution in [0.2, 0.25) is 5.02 Å². The van der Waals surface area contributed by atoms with Gasteiger partial charge in [-0.2, -0.15) is 5.10 Å². The Bertz CT molecular complexity index is 1330. The summed E-state index contributed by atoms with van der Waals surface area (Å²) in [6, 6.07) is 15.0. The molecule has 0 aromatic heterocycles. The number of sulfonamides is 1. The molecule has 0 saturated heterocycles. The first-order valence-corrected chi connectivity index (χ1v) is 10.6. The fourth-order valence-corrected chi connectivity index (χ4v) is 3.88. The van der Waals surface area contributed by atoms with Gasteiger partial charge in [0.05, 0.1) is 32.2 Å². The molecule has 0 unspecified atom stereocenters. The maximum atomic E-state index is 12.6. The highest BCUT2D eigenvalue weighted by atomic mass is 35.5. The van der Waals surface area contributed by atoms with Crippen molar-refractivity contribution in [1.29, 1.82) is 0 Å². The van der Waals surface area contributed by atoms with Crippen molar-refractivity contribution in [1.82, 2.24) is 0 Å². The molecule has 32 heavy (non-hydrogen) atoms. The Balaban J connectivity index is 1.87. The maximum absolute atomic E-state index is 12.6. The zero-order chi connectivity index (χ0) is 23.3. The van der Waals surface area contributed by atoms with Crippen LogP contribution in [0.15, 0.2) is 76.7 Å². The van der Waals surface area contributed by atoms with Gasteiger partial charge in [-0.1, -0.05) is 29.8 Å². The number of nitrogens with one attached hydrogen (secondary N) is 2. The molecule has 3 aromatic rings. The first-order chi connectivity index (χ1) is 15.2. The third kappa shape index (κ3) is 5.36. The van der Waals surface area contributed by atoms with Crippen LogP contribution >= 0.6 is 11.6 Å². The van der Waals surface area contributed by atoms with E-state index in [0.29, 0.717) is 5.02 Å². The van der Waals surface area contributed by atoms with E-state index in [0.717, 1.165) is 18.3 Å². The second-order valence-corrected chi connectivity index (χ2v) is 8.36. The maximum Gasteiger partial charge on any atom is 0.295 e. The Labute approximate surface area is 186 Å². The molecule has 13 heteroatoms. The van der Waals surface area contributed by atoms with Crippen LogP contribution < -0.4 is 10.1 Å². The lowest BCUT2D eigenvalue weighted by atomic mass is 10.2. The number of nitro groups is 2. The largest absolute Gasteiger partial charge is 0.295 e. The van der Waals surface area contributed by atoms with Crippen LogP contribution in [0.1, 0.15) is 5.56 Å². The highest BCUT2D eigenvalue weighted by molar-refractivity contribution is 7.92. The van der Waals surface area contributed by atoms with Gasteiger partial charge >= 0.3 is 0 Å². The third-order valence-electron chi connectivity index (χ3n) is 4.08. The molecule has 0 spiro atoms. The van der Waals surface area contributed by atoms with Gasteiger partial charge in [0, 0.05) is 17.2 Å². The quantitative estimate of drug-likeness (QED) is 0.277. The summed E-state index contributed by atoms with van der Waals surface area (Å²) in [5, 5.41) is 26.6. The molecule has 0 radical (unpaired) electrons. The summed E-state index contributed by atoms with van der Waals surface area (Å²) in [5.41, 5.74) is 1.93. The Morgan fingerprint density at radius 2 is 1.62 bits per heavy atom. The standard InChI is InChI=1S/C19H14ClN5O6S/c20-14-5-3-6-15(10-14)23-32(30,31)16-8-9-17(19(11-16)25(28)29)22-21-12-13-4-1-2-7-18(13)24(26)27/h1-12,22-23H. The summed E-state index contributed by atoms with van der Waals surface area (Å²) in [6.07, 6.45) is 1.13. The van der Waals surface area contributed by atoms with Gasteiger partial charge in [0.2, 0.25) is 0 Å². The van der Waals surface area contributed by atoms with E-state index in [4.69, 9.17) is 11.6 Å². The van der Waals surface area contributed by atoms with Gasteiger partial charge in [0.25, 0.3) is 21.4 Å². The number of nitrogens with zero attached hydrogens (tertiary/aromatic N) is 3. The van der Waals surface area contributed by atoms with Crippen LogP contribution in [0, 0.1) is 20.2 Å². The van der Waals surface area contributed by atoms with Crippen molar-refractivity contribution in [3.8, 4) is 0 Å². The van der Waals surface area contributed by atoms with Gasteiger partial charge in [-0.05, 0) is 36.4 Å². The molecule has 3 aromatic carbocycles. The Kier molecular flexibility index (Phi) is 6.66. The molecule has 0 aliphatic rings. The van der Waals surface area contributed by atoms with E-state index in [9.17, 15) is 28.6 Å². The number of rotatable bonds is 8. The molecule has 0 saturated carbocycles. The molecule has 11 nitrogen and oxygen atoms in total. The molecule has 164 valence electrons. The summed E-state index contributed by atoms with van der Waals surface area (Å²) in [5.74, 6) is 0. The molecular weight excluding hydrogens is 462 g/mol. The number of hydrazone groups is 1. The number of benzene rings is 3. The van der Waals surface area contributed by atoms with Gasteiger partial charge in [0.15, 0.2) is 0 Å². The molecule has 2 N–H and O–H groups in total. The number of nitro benzene ring substituents is 2. The molecule has 0 bridgehead atoms. The first kappa shape index (κ1) is 22.7. The van der Waals surface area contributed by atoms with E-state index < -0.39 is 25.6 Å². The number of para-hydroxylation sites is 1. The lowest BCUT2D eigenvalue weighted by Crippen LogP contribution is -2.13. The molecule has 0 amide bonds. The van der Waals surface area contributed by atoms with Crippen molar-refractivity contribution in [3.63, 3.8) is 0 Å². The topological polar surface area (TPSA) is 157 Å². The van der Waals surface area contributed by atoms with E-state index in [-0.39, 0.29) is 27.5 Å². The van der Waals surface area contributed by atoms with E-state index in [1.165, 1.54) is 36.4 Å². The smallest absolute Gasteiger partial charge is 0.280 e. The minimum Gasteiger partial charge on any atom is -0.280 e. The number of halogens is 1. The van der Waals surface area contributed by atoms with Gasteiger partial charge in [-0.25, -0.2) is 8.42 Å². The van der Waals surface area contributed by atoms with Gasteiger partial charge in [-0.3, -0.25) is 30.4 Å². The lowest BCUT2D eigenvalue weighted by Gasteiger charge is -2.09. The van der Waals surface area contributed by atoms with Gasteiger partial charge < -0.3 is 0 Å². The average Bonchev–Trinajstić information content (AvgIpc) is 2.73. The second-order valence-electron chi connectivity index (χ2n) is 6.24. The molecule has 0 aliphatic heterocycles. The first-order valence-electron chi connectivity index (χ1n) is 8.77. The van der Waals surface area contributed by atoms with E-state index >= 15 is 0 Å². The normalized spacial score (nSPS) is 11.3. The molecule has 0 heterocycles. The predicted molar refractivity (Wildman–Crippen MR) is 120 cm³/mol. The van der Waals surface area contributed by atoms with E-state index in [1.54, 1.807) is 18.2 Å². The fourth-order valence-electron chi connectivity index (χ4n) is 2.62. The van der Waals surface area contributed by atoms with Crippen LogP contribution in [0.25, 0.3) is 0 Å². The van der Waals surface area contributed by atoms with E-state index in [2.05, 4.69) is 15.2 Å². The van der Waals surface area contributed by atoms with Crippen molar-refractivity contribution in [2.24, 2.45) is 5.10 Å². The number of hydrogen-bond acceptors (Lipinski definition) is 8. The van der Waals surface area contributed by atoms with Crippen LogP contribution in [0.4, 0.5) is 22.7 Å². The van der Waals surface area contributed by atoms with Crippen molar-refractivity contribution in [2.75, 3.05) is 10.1 Å². The number of hydrogen-bond donors (Lipinski definition) is 2. The van der Waals surface area contributed by atoms with Crippen LogP contribution in [0.5, 0.6) is 0 Å². The fraction of sp³-hybridized carbons (Fsp3) is 0. The monoisotopic (exact) mass is 475 g/mol. The minimum atomic E-state index is -4.14. The average molecular weight is 476 g/mol. The van der Waals surface area contributed by atoms with Crippen molar-refractivity contribution in [3.05, 3.63) is 97.5 Å². The van der Waals surface area contributed by atoms with Crippen LogP contribution in [-0.2, 0) is 10.0 Å². The van der Waals surface area contributed by atoms with Crippen LogP contribution in [0.3, 0.4) is 0 Å². The third-order valence-corrected chi connectivity index (χ3v) is 5.69. The van der Waals surface area contributed by atoms with Gasteiger partial charge in [0.1, 0.15) is 5.69 Å². The Morgan fingerprint density at radius 3 is 2.31 bits per heavy atom. The lowest BCUT2D eigenvalue weighted by molar-refractivity contribution is -0.385. The van der Waals surface area contributed by atoms with Crippen LogP contribution in [-0.4, -0.2) is 24.5 Å². The molecule has 0 atom stereocenters. The minimum absolute atomic E-state index is 0.105. The summed E-state index contributed by atoms with van der Waals surface area (Å²) in [4.78, 5) is 20.8. The van der Waals surface area contributed by atoms with Crippen molar-refractivity contribution < 1.29 is 18.3 Å². The highest BCUT2D eigenvalue weighted by Gasteiger charge is 2.22. The molecule has 0 aliphatic carbocycles. The summed E-state index contributed by atoms with van der Waals surface area (Å²) < 4.78 is 27.5. The van der Waals surface area contributed by atoms with Crippen molar-refractivity contribution >= 4 is 50.6 Å².